The second kappa shape index (κ2) is 8.09. The van der Waals surface area contributed by atoms with Crippen LogP contribution in [0.5, 0.6) is 0 Å². The minimum absolute atomic E-state index is 0.00860. The van der Waals surface area contributed by atoms with Gasteiger partial charge in [0, 0.05) is 18.2 Å². The number of hydrogen-bond acceptors (Lipinski definition) is 3. The van der Waals surface area contributed by atoms with Gasteiger partial charge in [-0.3, -0.25) is 0 Å². The second-order valence-electron chi connectivity index (χ2n) is 6.23. The van der Waals surface area contributed by atoms with Gasteiger partial charge in [0.15, 0.2) is 0 Å². The molecule has 0 unspecified atom stereocenters. The number of rotatable bonds is 6. The summed E-state index contributed by atoms with van der Waals surface area (Å²) < 4.78 is 65.9. The van der Waals surface area contributed by atoms with Gasteiger partial charge in [-0.2, -0.15) is 13.2 Å². The first kappa shape index (κ1) is 20.3. The molecule has 1 aromatic carbocycles. The summed E-state index contributed by atoms with van der Waals surface area (Å²) in [5.41, 5.74) is -1.24. The van der Waals surface area contributed by atoms with E-state index in [-0.39, 0.29) is 42.1 Å². The fourth-order valence-corrected chi connectivity index (χ4v) is 2.40. The molecule has 3 nitrogen and oxygen atoms in total. The van der Waals surface area contributed by atoms with Crippen LogP contribution in [0.2, 0.25) is 0 Å². The molecule has 0 saturated heterocycles. The zero-order valence-electron chi connectivity index (χ0n) is 14.2. The van der Waals surface area contributed by atoms with Gasteiger partial charge in [0.25, 0.3) is 0 Å². The zero-order chi connectivity index (χ0) is 19.5. The van der Waals surface area contributed by atoms with Crippen molar-refractivity contribution in [3.63, 3.8) is 0 Å². The lowest BCUT2D eigenvalue weighted by Crippen LogP contribution is -2.37. The smallest absolute Gasteiger partial charge is 0.395 e. The zero-order valence-corrected chi connectivity index (χ0v) is 14.2. The van der Waals surface area contributed by atoms with Gasteiger partial charge < -0.3 is 10.4 Å². The average molecular weight is 374 g/mol. The normalized spacial score (nSPS) is 13.3. The Balaban J connectivity index is 2.29. The lowest BCUT2D eigenvalue weighted by Gasteiger charge is -2.20. The topological polar surface area (TPSA) is 45.1 Å². The maximum Gasteiger partial charge on any atom is 0.416 e. The maximum absolute atomic E-state index is 14.1. The lowest BCUT2D eigenvalue weighted by atomic mass is 10.1. The molecule has 142 valence electrons. The quantitative estimate of drug-likeness (QED) is 0.747. The van der Waals surface area contributed by atoms with E-state index in [1.807, 2.05) is 13.8 Å². The van der Waals surface area contributed by atoms with Gasteiger partial charge in [-0.25, -0.2) is 13.8 Å². The van der Waals surface area contributed by atoms with Crippen LogP contribution in [0, 0.1) is 17.6 Å². The van der Waals surface area contributed by atoms with Crippen molar-refractivity contribution in [2.75, 3.05) is 6.61 Å². The summed E-state index contributed by atoms with van der Waals surface area (Å²) in [6, 6.07) is 4.12. The first-order valence-corrected chi connectivity index (χ1v) is 8.00. The predicted octanol–water partition coefficient (Wildman–Crippen LogP) is 4.15. The number of aromatic nitrogens is 1. The van der Waals surface area contributed by atoms with Crippen molar-refractivity contribution < 1.29 is 27.1 Å². The van der Waals surface area contributed by atoms with Crippen LogP contribution in [0.1, 0.15) is 25.1 Å². The molecule has 1 heterocycles. The van der Waals surface area contributed by atoms with Crippen LogP contribution < -0.4 is 5.32 Å². The third-order valence-electron chi connectivity index (χ3n) is 4.02. The van der Waals surface area contributed by atoms with Crippen molar-refractivity contribution in [2.24, 2.45) is 5.92 Å². The Bertz CT molecular complexity index is 762. The van der Waals surface area contributed by atoms with E-state index >= 15 is 0 Å². The SMILES string of the molecule is CC(C)[C@H](CO)NCc1nc(-c2ccc(C(F)(F)F)cc2F)ccc1F. The van der Waals surface area contributed by atoms with E-state index in [0.717, 1.165) is 18.2 Å². The molecule has 1 atom stereocenters. The Morgan fingerprint density at radius 1 is 1.08 bits per heavy atom. The number of pyridine rings is 1. The third-order valence-corrected chi connectivity index (χ3v) is 4.02. The Morgan fingerprint density at radius 3 is 2.31 bits per heavy atom. The summed E-state index contributed by atoms with van der Waals surface area (Å²) in [5.74, 6) is -1.62. The molecule has 0 saturated carbocycles. The van der Waals surface area contributed by atoms with Crippen LogP contribution in [0.3, 0.4) is 0 Å². The van der Waals surface area contributed by atoms with Gasteiger partial charge >= 0.3 is 6.18 Å². The van der Waals surface area contributed by atoms with Crippen molar-refractivity contribution in [3.05, 3.63) is 53.2 Å². The molecule has 0 aliphatic heterocycles. The molecule has 2 rings (SSSR count). The van der Waals surface area contributed by atoms with E-state index in [9.17, 15) is 27.1 Å². The number of benzene rings is 1. The van der Waals surface area contributed by atoms with E-state index in [2.05, 4.69) is 10.3 Å². The monoisotopic (exact) mass is 374 g/mol. The molecule has 2 N–H and O–H groups in total. The molecule has 0 aliphatic carbocycles. The molecular weight excluding hydrogens is 355 g/mol. The molecule has 26 heavy (non-hydrogen) atoms. The minimum atomic E-state index is -4.65. The predicted molar refractivity (Wildman–Crippen MR) is 87.1 cm³/mol. The fourth-order valence-electron chi connectivity index (χ4n) is 2.40. The Hall–Kier alpha value is -2.06. The first-order chi connectivity index (χ1) is 12.1. The van der Waals surface area contributed by atoms with Crippen molar-refractivity contribution in [3.8, 4) is 11.3 Å². The highest BCUT2D eigenvalue weighted by Gasteiger charge is 2.31. The largest absolute Gasteiger partial charge is 0.416 e. The van der Waals surface area contributed by atoms with Gasteiger partial charge in [-0.1, -0.05) is 13.8 Å². The number of alkyl halides is 3. The highest BCUT2D eigenvalue weighted by atomic mass is 19.4. The molecule has 1 aromatic heterocycles. The maximum atomic E-state index is 14.1. The number of hydrogen-bond donors (Lipinski definition) is 2. The van der Waals surface area contributed by atoms with E-state index in [1.54, 1.807) is 0 Å². The molecular formula is C18H19F5N2O. The number of aliphatic hydroxyl groups excluding tert-OH is 1. The third kappa shape index (κ3) is 4.76. The molecule has 2 aromatic rings. The van der Waals surface area contributed by atoms with Crippen LogP contribution in [-0.2, 0) is 12.7 Å². The van der Waals surface area contributed by atoms with Crippen molar-refractivity contribution in [1.82, 2.24) is 10.3 Å². The highest BCUT2D eigenvalue weighted by Crippen LogP contribution is 2.32. The van der Waals surface area contributed by atoms with Crippen LogP contribution in [0.15, 0.2) is 30.3 Å². The van der Waals surface area contributed by atoms with E-state index in [0.29, 0.717) is 6.07 Å². The Morgan fingerprint density at radius 2 is 1.77 bits per heavy atom. The van der Waals surface area contributed by atoms with Crippen LogP contribution in [0.4, 0.5) is 22.0 Å². The number of nitrogens with zero attached hydrogens (tertiary/aromatic N) is 1. The van der Waals surface area contributed by atoms with Crippen LogP contribution >= 0.6 is 0 Å². The lowest BCUT2D eigenvalue weighted by molar-refractivity contribution is -0.137. The van der Waals surface area contributed by atoms with Gasteiger partial charge in [0.2, 0.25) is 0 Å². The molecule has 0 bridgehead atoms. The second-order valence-corrected chi connectivity index (χ2v) is 6.23. The van der Waals surface area contributed by atoms with Crippen molar-refractivity contribution in [1.29, 1.82) is 0 Å². The standard InChI is InChI=1S/C18H19F5N2O/c1-10(2)17(9-26)24-8-16-13(19)5-6-15(25-16)12-4-3-11(7-14(12)20)18(21,22)23/h3-7,10,17,24,26H,8-9H2,1-2H3/t17-/m0/s1. The Kier molecular flexibility index (Phi) is 6.30. The molecule has 0 spiro atoms. The number of nitrogens with one attached hydrogen (secondary N) is 1. The average Bonchev–Trinajstić information content (AvgIpc) is 2.56. The summed E-state index contributed by atoms with van der Waals surface area (Å²) >= 11 is 0. The van der Waals surface area contributed by atoms with Gasteiger partial charge in [0.1, 0.15) is 11.6 Å². The summed E-state index contributed by atoms with van der Waals surface area (Å²) in [6.45, 7) is 3.61. The van der Waals surface area contributed by atoms with E-state index < -0.39 is 23.4 Å². The number of aliphatic hydroxyl groups is 1. The van der Waals surface area contributed by atoms with Crippen LogP contribution in [0.25, 0.3) is 11.3 Å². The number of halogens is 5. The fraction of sp³-hybridized carbons (Fsp3) is 0.389. The van der Waals surface area contributed by atoms with Crippen LogP contribution in [-0.4, -0.2) is 22.7 Å². The van der Waals surface area contributed by atoms with Gasteiger partial charge in [-0.15, -0.1) is 0 Å². The summed E-state index contributed by atoms with van der Waals surface area (Å²) in [4.78, 5) is 4.02. The van der Waals surface area contributed by atoms with Gasteiger partial charge in [-0.05, 0) is 36.2 Å². The first-order valence-electron chi connectivity index (χ1n) is 8.00. The summed E-state index contributed by atoms with van der Waals surface area (Å²) in [6.07, 6.45) is -4.65. The molecule has 0 amide bonds. The summed E-state index contributed by atoms with van der Waals surface area (Å²) in [5, 5.41) is 12.2. The van der Waals surface area contributed by atoms with Gasteiger partial charge in [0.05, 0.1) is 23.6 Å². The van der Waals surface area contributed by atoms with Crippen molar-refractivity contribution >= 4 is 0 Å². The Labute approximate surface area is 147 Å². The molecule has 0 fully saturated rings. The highest BCUT2D eigenvalue weighted by molar-refractivity contribution is 5.60. The summed E-state index contributed by atoms with van der Waals surface area (Å²) in [7, 11) is 0. The minimum Gasteiger partial charge on any atom is -0.395 e. The molecule has 0 radical (unpaired) electrons. The van der Waals surface area contributed by atoms with E-state index in [4.69, 9.17) is 0 Å². The van der Waals surface area contributed by atoms with E-state index in [1.165, 1.54) is 6.07 Å². The van der Waals surface area contributed by atoms with Crippen molar-refractivity contribution in [2.45, 2.75) is 32.6 Å². The molecule has 8 heteroatoms. The molecule has 0 aliphatic rings.